The van der Waals surface area contributed by atoms with Gasteiger partial charge in [0.25, 0.3) is 5.91 Å². The minimum atomic E-state index is -1.01. The minimum Gasteiger partial charge on any atom is -0.480 e. The molecular formula is C13H21N3O3. The monoisotopic (exact) mass is 267 g/mol. The number of rotatable bonds is 6. The van der Waals surface area contributed by atoms with Crippen LogP contribution in [0.15, 0.2) is 6.07 Å². The Hall–Kier alpha value is -1.85. The lowest BCUT2D eigenvalue weighted by Gasteiger charge is -2.19. The quantitative estimate of drug-likeness (QED) is 0.847. The zero-order chi connectivity index (χ0) is 14.6. The molecule has 1 N–H and O–H groups in total. The van der Waals surface area contributed by atoms with Gasteiger partial charge < -0.3 is 10.0 Å². The Bertz CT molecular complexity index is 466. The van der Waals surface area contributed by atoms with Gasteiger partial charge in [-0.1, -0.05) is 20.8 Å². The first-order chi connectivity index (χ1) is 8.86. The first-order valence-electron chi connectivity index (χ1n) is 6.41. The fraction of sp³-hybridized carbons (Fsp3) is 0.615. The fourth-order valence-corrected chi connectivity index (χ4v) is 1.82. The van der Waals surface area contributed by atoms with Crippen LogP contribution in [0.2, 0.25) is 0 Å². The highest BCUT2D eigenvalue weighted by Crippen LogP contribution is 2.15. The number of hydrogen-bond acceptors (Lipinski definition) is 3. The van der Waals surface area contributed by atoms with Gasteiger partial charge in [0.15, 0.2) is 0 Å². The summed E-state index contributed by atoms with van der Waals surface area (Å²) < 4.78 is 1.52. The number of amides is 1. The summed E-state index contributed by atoms with van der Waals surface area (Å²) in [5.41, 5.74) is 1.26. The van der Waals surface area contributed by atoms with Crippen LogP contribution in [-0.2, 0) is 11.8 Å². The molecule has 0 fully saturated rings. The Balaban J connectivity index is 2.98. The summed E-state index contributed by atoms with van der Waals surface area (Å²) in [7, 11) is 1.70. The zero-order valence-electron chi connectivity index (χ0n) is 11.9. The molecule has 0 atom stereocenters. The van der Waals surface area contributed by atoms with Crippen LogP contribution in [0.3, 0.4) is 0 Å². The molecule has 0 aromatic carbocycles. The molecule has 0 aliphatic carbocycles. The molecule has 1 aromatic rings. The van der Waals surface area contributed by atoms with E-state index in [0.29, 0.717) is 18.7 Å². The summed E-state index contributed by atoms with van der Waals surface area (Å²) in [4.78, 5) is 24.5. The number of hydrogen-bond donors (Lipinski definition) is 1. The lowest BCUT2D eigenvalue weighted by molar-refractivity contribution is -0.137. The second kappa shape index (κ2) is 6.36. The third-order valence-electron chi connectivity index (χ3n) is 2.82. The number of carbonyl (C=O) groups excluding carboxylic acids is 1. The van der Waals surface area contributed by atoms with Crippen molar-refractivity contribution in [2.75, 3.05) is 13.1 Å². The SMILES string of the molecule is CCCN(CC(=O)O)C(=O)c1cc(C(C)C)nn1C. The van der Waals surface area contributed by atoms with Gasteiger partial charge in [-0.2, -0.15) is 5.10 Å². The van der Waals surface area contributed by atoms with E-state index in [1.807, 2.05) is 20.8 Å². The van der Waals surface area contributed by atoms with E-state index in [1.165, 1.54) is 9.58 Å². The van der Waals surface area contributed by atoms with Crippen LogP contribution in [0.5, 0.6) is 0 Å². The molecule has 0 aliphatic heterocycles. The van der Waals surface area contributed by atoms with Gasteiger partial charge in [-0.3, -0.25) is 14.3 Å². The molecule has 19 heavy (non-hydrogen) atoms. The number of carboxylic acids is 1. The molecule has 0 bridgehead atoms. The molecule has 6 heteroatoms. The number of carbonyl (C=O) groups is 2. The molecule has 1 rings (SSSR count). The van der Waals surface area contributed by atoms with Gasteiger partial charge in [0, 0.05) is 13.6 Å². The molecule has 0 saturated heterocycles. The molecule has 6 nitrogen and oxygen atoms in total. The van der Waals surface area contributed by atoms with Crippen LogP contribution < -0.4 is 0 Å². The molecule has 1 amide bonds. The Morgan fingerprint density at radius 3 is 2.53 bits per heavy atom. The van der Waals surface area contributed by atoms with E-state index in [9.17, 15) is 9.59 Å². The lowest BCUT2D eigenvalue weighted by atomic mass is 10.1. The molecule has 1 heterocycles. The summed E-state index contributed by atoms with van der Waals surface area (Å²) in [6.45, 7) is 6.04. The second-order valence-electron chi connectivity index (χ2n) is 4.85. The van der Waals surface area contributed by atoms with Gasteiger partial charge in [0.1, 0.15) is 12.2 Å². The molecule has 0 aliphatic rings. The van der Waals surface area contributed by atoms with Crippen molar-refractivity contribution in [1.82, 2.24) is 14.7 Å². The Morgan fingerprint density at radius 2 is 2.11 bits per heavy atom. The third-order valence-corrected chi connectivity index (χ3v) is 2.82. The van der Waals surface area contributed by atoms with E-state index in [1.54, 1.807) is 13.1 Å². The fourth-order valence-electron chi connectivity index (χ4n) is 1.82. The molecule has 0 saturated carbocycles. The number of carboxylic acid groups (broad SMARTS) is 1. The summed E-state index contributed by atoms with van der Waals surface area (Å²) >= 11 is 0. The third kappa shape index (κ3) is 3.81. The van der Waals surface area contributed by atoms with Gasteiger partial charge >= 0.3 is 5.97 Å². The van der Waals surface area contributed by atoms with Gasteiger partial charge in [-0.25, -0.2) is 0 Å². The minimum absolute atomic E-state index is 0.229. The molecular weight excluding hydrogens is 246 g/mol. The van der Waals surface area contributed by atoms with Crippen molar-refractivity contribution < 1.29 is 14.7 Å². The average molecular weight is 267 g/mol. The zero-order valence-corrected chi connectivity index (χ0v) is 11.9. The van der Waals surface area contributed by atoms with Gasteiger partial charge in [0.05, 0.1) is 5.69 Å². The van der Waals surface area contributed by atoms with Gasteiger partial charge in [-0.05, 0) is 18.4 Å². The van der Waals surface area contributed by atoms with Gasteiger partial charge in [0.2, 0.25) is 0 Å². The van der Waals surface area contributed by atoms with Gasteiger partial charge in [-0.15, -0.1) is 0 Å². The first kappa shape index (κ1) is 15.2. The summed E-state index contributed by atoms with van der Waals surface area (Å²) in [5, 5.41) is 13.1. The van der Waals surface area contributed by atoms with Crippen molar-refractivity contribution in [2.45, 2.75) is 33.1 Å². The molecule has 0 spiro atoms. The maximum absolute atomic E-state index is 12.3. The summed E-state index contributed by atoms with van der Waals surface area (Å²) in [6.07, 6.45) is 0.716. The van der Waals surface area contributed by atoms with E-state index in [0.717, 1.165) is 5.69 Å². The Morgan fingerprint density at radius 1 is 1.47 bits per heavy atom. The number of aryl methyl sites for hydroxylation is 1. The summed E-state index contributed by atoms with van der Waals surface area (Å²) in [6, 6.07) is 1.73. The average Bonchev–Trinajstić information content (AvgIpc) is 2.69. The van der Waals surface area contributed by atoms with Crippen LogP contribution in [-0.4, -0.2) is 44.8 Å². The Kier molecular flexibility index (Phi) is 5.09. The van der Waals surface area contributed by atoms with Crippen molar-refractivity contribution >= 4 is 11.9 Å². The topological polar surface area (TPSA) is 75.4 Å². The lowest BCUT2D eigenvalue weighted by Crippen LogP contribution is -2.37. The van der Waals surface area contributed by atoms with Crippen LogP contribution in [0.25, 0.3) is 0 Å². The van der Waals surface area contributed by atoms with Crippen molar-refractivity contribution in [3.63, 3.8) is 0 Å². The number of aromatic nitrogens is 2. The molecule has 1 aromatic heterocycles. The Labute approximate surface area is 113 Å². The van der Waals surface area contributed by atoms with Crippen LogP contribution in [0, 0.1) is 0 Å². The highest BCUT2D eigenvalue weighted by molar-refractivity contribution is 5.94. The largest absolute Gasteiger partial charge is 0.480 e. The molecule has 106 valence electrons. The predicted molar refractivity (Wildman–Crippen MR) is 71.1 cm³/mol. The van der Waals surface area contributed by atoms with Crippen LogP contribution in [0.4, 0.5) is 0 Å². The van der Waals surface area contributed by atoms with E-state index in [-0.39, 0.29) is 18.4 Å². The van der Waals surface area contributed by atoms with E-state index >= 15 is 0 Å². The highest BCUT2D eigenvalue weighted by Gasteiger charge is 2.22. The standard InChI is InChI=1S/C13H21N3O3/c1-5-6-16(8-12(17)18)13(19)11-7-10(9(2)3)14-15(11)4/h7,9H,5-6,8H2,1-4H3,(H,17,18). The smallest absolute Gasteiger partial charge is 0.323 e. The molecule has 0 unspecified atom stereocenters. The van der Waals surface area contributed by atoms with Crippen LogP contribution >= 0.6 is 0 Å². The van der Waals surface area contributed by atoms with Crippen molar-refractivity contribution in [2.24, 2.45) is 7.05 Å². The van der Waals surface area contributed by atoms with Crippen molar-refractivity contribution in [1.29, 1.82) is 0 Å². The van der Waals surface area contributed by atoms with E-state index in [4.69, 9.17) is 5.11 Å². The van der Waals surface area contributed by atoms with E-state index < -0.39 is 5.97 Å². The summed E-state index contributed by atoms with van der Waals surface area (Å²) in [5.74, 6) is -1.06. The predicted octanol–water partition coefficient (Wildman–Crippen LogP) is 1.48. The highest BCUT2D eigenvalue weighted by atomic mass is 16.4. The maximum atomic E-state index is 12.3. The van der Waals surface area contributed by atoms with Crippen molar-refractivity contribution in [3.8, 4) is 0 Å². The second-order valence-corrected chi connectivity index (χ2v) is 4.85. The number of nitrogens with zero attached hydrogens (tertiary/aromatic N) is 3. The van der Waals surface area contributed by atoms with Crippen LogP contribution in [0.1, 0.15) is 49.3 Å². The molecule has 0 radical (unpaired) electrons. The number of aliphatic carboxylic acids is 1. The first-order valence-corrected chi connectivity index (χ1v) is 6.41. The van der Waals surface area contributed by atoms with E-state index in [2.05, 4.69) is 5.10 Å². The normalized spacial score (nSPS) is 10.8. The van der Waals surface area contributed by atoms with Crippen molar-refractivity contribution in [3.05, 3.63) is 17.5 Å². The maximum Gasteiger partial charge on any atom is 0.323 e.